The van der Waals surface area contributed by atoms with Crippen LogP contribution in [0.15, 0.2) is 24.3 Å². The van der Waals surface area contributed by atoms with Crippen LogP contribution in [-0.2, 0) is 33.2 Å². The zero-order valence-corrected chi connectivity index (χ0v) is 68.9. The van der Waals surface area contributed by atoms with Crippen molar-refractivity contribution in [3.8, 4) is 0 Å². The van der Waals surface area contributed by atoms with Crippen LogP contribution in [0.1, 0.15) is 406 Å². The predicted molar refractivity (Wildman–Crippen MR) is 434 cm³/mol. The molecule has 19 heteroatoms. The van der Waals surface area contributed by atoms with Crippen LogP contribution in [0.2, 0.25) is 0 Å². The molecule has 0 aromatic heterocycles. The van der Waals surface area contributed by atoms with Crippen LogP contribution in [0.5, 0.6) is 0 Å². The van der Waals surface area contributed by atoms with E-state index in [9.17, 15) is 61.0 Å². The summed E-state index contributed by atoms with van der Waals surface area (Å²) in [4.78, 5) is 13.5. The van der Waals surface area contributed by atoms with Crippen molar-refractivity contribution in [3.63, 3.8) is 0 Å². The van der Waals surface area contributed by atoms with Crippen molar-refractivity contribution < 1.29 is 89.4 Å². The topological polar surface area (TPSA) is 307 Å². The number of unbranched alkanes of at least 4 members (excludes halogenated alkanes) is 55. The number of hydrogen-bond acceptors (Lipinski definition) is 18. The summed E-state index contributed by atoms with van der Waals surface area (Å²) in [6.07, 6.45) is 60.0. The molecule has 3 aliphatic heterocycles. The normalized spacial score (nSPS) is 25.4. The van der Waals surface area contributed by atoms with Gasteiger partial charge >= 0.3 is 0 Å². The second kappa shape index (κ2) is 69.6. The minimum atomic E-state index is -1.97. The molecule has 3 saturated heterocycles. The average Bonchev–Trinajstić information content (AvgIpc) is 0.779. The van der Waals surface area contributed by atoms with Gasteiger partial charge in [0, 0.05) is 6.42 Å². The fourth-order valence-electron chi connectivity index (χ4n) is 15.8. The first-order chi connectivity index (χ1) is 52.8. The Balaban J connectivity index is 1.32. The van der Waals surface area contributed by atoms with Crippen LogP contribution in [-0.4, -0.2) is 193 Å². The van der Waals surface area contributed by atoms with Gasteiger partial charge in [-0.05, 0) is 44.9 Å². The Morgan fingerprint density at radius 2 is 0.611 bits per heavy atom. The van der Waals surface area contributed by atoms with E-state index in [0.29, 0.717) is 12.8 Å². The van der Waals surface area contributed by atoms with E-state index in [1.807, 2.05) is 0 Å². The number of nitrogens with one attached hydrogen (secondary N) is 1. The summed E-state index contributed by atoms with van der Waals surface area (Å²) in [5.41, 5.74) is 0. The van der Waals surface area contributed by atoms with E-state index in [2.05, 4.69) is 43.5 Å². The molecule has 0 radical (unpaired) electrons. The second-order valence-corrected chi connectivity index (χ2v) is 32.8. The second-order valence-electron chi connectivity index (χ2n) is 32.8. The lowest BCUT2D eigenvalue weighted by molar-refractivity contribution is -0.379. The van der Waals surface area contributed by atoms with Crippen LogP contribution in [0, 0.1) is 0 Å². The third-order valence-electron chi connectivity index (χ3n) is 23.0. The lowest BCUT2D eigenvalue weighted by atomic mass is 9.96. The van der Waals surface area contributed by atoms with E-state index in [1.165, 1.54) is 321 Å². The van der Waals surface area contributed by atoms with E-state index in [4.69, 9.17) is 28.4 Å². The molecule has 17 atom stereocenters. The van der Waals surface area contributed by atoms with Gasteiger partial charge in [-0.1, -0.05) is 378 Å². The maximum absolute atomic E-state index is 13.5. The van der Waals surface area contributed by atoms with Gasteiger partial charge in [-0.25, -0.2) is 0 Å². The first kappa shape index (κ1) is 100. The maximum atomic E-state index is 13.5. The van der Waals surface area contributed by atoms with E-state index in [-0.39, 0.29) is 18.9 Å². The lowest BCUT2D eigenvalue weighted by Gasteiger charge is -2.48. The number of carbonyl (C=O) groups excluding carboxylic acids is 1. The Morgan fingerprint density at radius 1 is 0.333 bits per heavy atom. The molecule has 0 saturated carbocycles. The summed E-state index contributed by atoms with van der Waals surface area (Å²) in [6.45, 7) is 1.87. The number of ether oxygens (including phenoxy) is 6. The van der Waals surface area contributed by atoms with Crippen LogP contribution < -0.4 is 5.32 Å². The monoisotopic (exact) mass is 1540 g/mol. The molecule has 3 fully saturated rings. The predicted octanol–water partition coefficient (Wildman–Crippen LogP) is 17.2. The largest absolute Gasteiger partial charge is 0.394 e. The van der Waals surface area contributed by atoms with Crippen molar-refractivity contribution in [3.05, 3.63) is 24.3 Å². The third kappa shape index (κ3) is 48.0. The van der Waals surface area contributed by atoms with Crippen LogP contribution in [0.4, 0.5) is 0 Å². The number of rotatable bonds is 75. The standard InChI is InChI=1S/C89H169NO18/c1-3-5-7-9-11-13-15-17-19-21-23-25-27-29-31-33-35-36-37-39-41-43-45-47-49-51-53-55-57-59-61-63-65-67-77(95)90-72(73(94)66-64-62-60-58-56-54-52-50-48-46-44-42-40-38-34-32-30-28-26-24-22-20-18-16-14-12-10-8-6-4-2)71-103-87-83(101)80(98)85(75(69-92)105-87)108-89-84(102)81(99)86(76(70-93)106-89)107-88-82(100)79(97)78(96)74(68-91)104-88/h15,17,21,23,72-76,78-89,91-94,96-102H,3-14,16,18-20,22,24-71H2,1-2H3,(H,90,95)/b17-15-,23-21-. The van der Waals surface area contributed by atoms with Gasteiger partial charge in [0.15, 0.2) is 18.9 Å². The van der Waals surface area contributed by atoms with Crippen molar-refractivity contribution in [1.29, 1.82) is 0 Å². The fraction of sp³-hybridized carbons (Fsp3) is 0.944. The Morgan fingerprint density at radius 3 is 0.944 bits per heavy atom. The SMILES string of the molecule is CCCCCCC/C=C\C/C=C\CCCCCCCCCCCCCCCCCCCCCCCC(=O)NC(COC1OC(CO)C(OC2OC(CO)C(OC3OC(CO)C(O)C(O)C3O)C(O)C2O)C(O)C1O)C(O)CCCCCCCCCCCCCCCCCCCCCCCCCCCCCCCC. The highest BCUT2D eigenvalue weighted by molar-refractivity contribution is 5.76. The number of hydrogen-bond donors (Lipinski definition) is 12. The quantitative estimate of drug-likeness (QED) is 0.0199. The fourth-order valence-corrected chi connectivity index (χ4v) is 15.8. The van der Waals surface area contributed by atoms with E-state index < -0.39 is 124 Å². The van der Waals surface area contributed by atoms with Gasteiger partial charge in [0.1, 0.15) is 73.2 Å². The van der Waals surface area contributed by atoms with Gasteiger partial charge in [0.05, 0.1) is 38.6 Å². The summed E-state index contributed by atoms with van der Waals surface area (Å²) >= 11 is 0. The van der Waals surface area contributed by atoms with Crippen LogP contribution in [0.3, 0.4) is 0 Å². The van der Waals surface area contributed by atoms with Gasteiger partial charge in [0.2, 0.25) is 5.91 Å². The number of allylic oxidation sites excluding steroid dienone is 4. The first-order valence-electron chi connectivity index (χ1n) is 45.6. The van der Waals surface area contributed by atoms with Gasteiger partial charge in [-0.15, -0.1) is 0 Å². The zero-order valence-electron chi connectivity index (χ0n) is 68.9. The van der Waals surface area contributed by atoms with E-state index in [1.54, 1.807) is 0 Å². The highest BCUT2D eigenvalue weighted by Gasteiger charge is 2.54. The van der Waals surface area contributed by atoms with Gasteiger partial charge in [0.25, 0.3) is 0 Å². The minimum absolute atomic E-state index is 0.233. The molecule has 0 aliphatic carbocycles. The van der Waals surface area contributed by atoms with Gasteiger partial charge < -0.3 is 89.9 Å². The summed E-state index contributed by atoms with van der Waals surface area (Å²) in [5, 5.41) is 121. The molecule has 0 spiro atoms. The molecule has 3 aliphatic rings. The molecule has 0 bridgehead atoms. The third-order valence-corrected chi connectivity index (χ3v) is 23.0. The van der Waals surface area contributed by atoms with E-state index in [0.717, 1.165) is 51.4 Å². The summed E-state index contributed by atoms with van der Waals surface area (Å²) in [5.74, 6) is -0.233. The molecule has 3 heterocycles. The van der Waals surface area contributed by atoms with Crippen molar-refractivity contribution in [2.24, 2.45) is 0 Å². The van der Waals surface area contributed by atoms with Crippen molar-refractivity contribution in [2.45, 2.75) is 510 Å². The molecule has 17 unspecified atom stereocenters. The highest BCUT2D eigenvalue weighted by atomic mass is 16.8. The Bertz CT molecular complexity index is 2040. The lowest BCUT2D eigenvalue weighted by Crippen LogP contribution is -2.66. The van der Waals surface area contributed by atoms with Crippen molar-refractivity contribution in [2.75, 3.05) is 26.4 Å². The van der Waals surface area contributed by atoms with Crippen molar-refractivity contribution in [1.82, 2.24) is 5.32 Å². The van der Waals surface area contributed by atoms with E-state index >= 15 is 0 Å². The zero-order chi connectivity index (χ0) is 78.1. The maximum Gasteiger partial charge on any atom is 0.220 e. The summed E-state index contributed by atoms with van der Waals surface area (Å²) in [6, 6.07) is -0.887. The van der Waals surface area contributed by atoms with Crippen molar-refractivity contribution >= 4 is 5.91 Å². The highest BCUT2D eigenvalue weighted by Crippen LogP contribution is 2.34. The average molecular weight is 1540 g/mol. The van der Waals surface area contributed by atoms with Crippen LogP contribution >= 0.6 is 0 Å². The molecular formula is C89H169NO18. The molecule has 0 aromatic rings. The molecule has 0 aromatic carbocycles. The summed E-state index contributed by atoms with van der Waals surface area (Å²) < 4.78 is 34.6. The molecule has 108 heavy (non-hydrogen) atoms. The summed E-state index contributed by atoms with van der Waals surface area (Å²) in [7, 11) is 0. The number of aliphatic hydroxyl groups is 11. The molecule has 12 N–H and O–H groups in total. The number of amides is 1. The molecule has 3 rings (SSSR count). The number of aliphatic hydroxyl groups excluding tert-OH is 11. The van der Waals surface area contributed by atoms with Crippen LogP contribution in [0.25, 0.3) is 0 Å². The molecule has 1 amide bonds. The smallest absolute Gasteiger partial charge is 0.220 e. The van der Waals surface area contributed by atoms with Gasteiger partial charge in [-0.3, -0.25) is 4.79 Å². The Labute approximate surface area is 658 Å². The Kier molecular flexibility index (Phi) is 64.7. The minimum Gasteiger partial charge on any atom is -0.394 e. The first-order valence-corrected chi connectivity index (χ1v) is 45.6. The molecule has 638 valence electrons. The number of carbonyl (C=O) groups is 1. The Hall–Kier alpha value is -1.73. The molecule has 19 nitrogen and oxygen atoms in total. The van der Waals surface area contributed by atoms with Gasteiger partial charge in [-0.2, -0.15) is 0 Å². The molecular weight excluding hydrogens is 1370 g/mol.